The van der Waals surface area contributed by atoms with E-state index in [9.17, 15) is 5.26 Å². The highest BCUT2D eigenvalue weighted by Gasteiger charge is 2.13. The Kier molecular flexibility index (Phi) is 4.49. The Morgan fingerprint density at radius 2 is 1.95 bits per heavy atom. The molecule has 4 heteroatoms. The molecule has 2 aromatic rings. The number of nitriles is 1. The summed E-state index contributed by atoms with van der Waals surface area (Å²) in [6.45, 7) is 0. The molecule has 0 aromatic heterocycles. The number of hydrogen-bond acceptors (Lipinski definition) is 3. The lowest BCUT2D eigenvalue weighted by molar-refractivity contribution is 0.415. The van der Waals surface area contributed by atoms with E-state index in [-0.39, 0.29) is 0 Å². The maximum Gasteiger partial charge on any atom is 0.142 e. The molecule has 0 radical (unpaired) electrons. The fraction of sp³-hybridized carbons (Fsp3) is 0.188. The van der Waals surface area contributed by atoms with E-state index in [2.05, 4.69) is 6.07 Å². The molecular formula is C16H15ClN2O. The fourth-order valence-corrected chi connectivity index (χ4v) is 2.25. The van der Waals surface area contributed by atoms with Crippen LogP contribution in [0.25, 0.3) is 0 Å². The van der Waals surface area contributed by atoms with Gasteiger partial charge < -0.3 is 9.64 Å². The zero-order chi connectivity index (χ0) is 14.5. The number of anilines is 2. The van der Waals surface area contributed by atoms with Crippen molar-refractivity contribution in [2.24, 2.45) is 0 Å². The van der Waals surface area contributed by atoms with Gasteiger partial charge in [-0.3, -0.25) is 0 Å². The van der Waals surface area contributed by atoms with Crippen molar-refractivity contribution in [1.82, 2.24) is 0 Å². The molecule has 20 heavy (non-hydrogen) atoms. The Labute approximate surface area is 124 Å². The van der Waals surface area contributed by atoms with Gasteiger partial charge in [-0.05, 0) is 29.8 Å². The van der Waals surface area contributed by atoms with Crippen molar-refractivity contribution in [3.63, 3.8) is 0 Å². The van der Waals surface area contributed by atoms with E-state index in [4.69, 9.17) is 16.3 Å². The number of para-hydroxylation sites is 2. The lowest BCUT2D eigenvalue weighted by Crippen LogP contribution is -2.12. The van der Waals surface area contributed by atoms with E-state index >= 15 is 0 Å². The first-order valence-electron chi connectivity index (χ1n) is 6.17. The molecule has 0 saturated carbocycles. The second-order valence-electron chi connectivity index (χ2n) is 4.33. The largest absolute Gasteiger partial charge is 0.495 e. The highest BCUT2D eigenvalue weighted by atomic mass is 35.5. The van der Waals surface area contributed by atoms with Crippen LogP contribution in [0.5, 0.6) is 5.75 Å². The molecule has 3 nitrogen and oxygen atoms in total. The molecule has 102 valence electrons. The number of alkyl halides is 1. The van der Waals surface area contributed by atoms with Crippen LogP contribution in [0.2, 0.25) is 0 Å². The highest BCUT2D eigenvalue weighted by molar-refractivity contribution is 6.17. The van der Waals surface area contributed by atoms with Crippen molar-refractivity contribution in [2.75, 3.05) is 19.1 Å². The van der Waals surface area contributed by atoms with Crippen LogP contribution >= 0.6 is 11.6 Å². The number of nitrogens with zero attached hydrogens (tertiary/aromatic N) is 2. The van der Waals surface area contributed by atoms with Gasteiger partial charge in [-0.1, -0.05) is 18.2 Å². The molecule has 0 bridgehead atoms. The minimum Gasteiger partial charge on any atom is -0.495 e. The Hall–Kier alpha value is -2.18. The first-order valence-corrected chi connectivity index (χ1v) is 6.70. The summed E-state index contributed by atoms with van der Waals surface area (Å²) in [5.74, 6) is 1.16. The minimum absolute atomic E-state index is 0.396. The summed E-state index contributed by atoms with van der Waals surface area (Å²) in [6.07, 6.45) is 0. The molecule has 0 aliphatic carbocycles. The lowest BCUT2D eigenvalue weighted by atomic mass is 10.1. The van der Waals surface area contributed by atoms with Crippen LogP contribution in [0, 0.1) is 11.3 Å². The Balaban J connectivity index is 2.48. The molecule has 0 heterocycles. The fourth-order valence-electron chi connectivity index (χ4n) is 2.08. The van der Waals surface area contributed by atoms with Gasteiger partial charge in [-0.15, -0.1) is 11.6 Å². The summed E-state index contributed by atoms with van der Waals surface area (Å²) in [5.41, 5.74) is 3.26. The molecule has 0 aliphatic rings. The third-order valence-electron chi connectivity index (χ3n) is 3.14. The standard InChI is InChI=1S/C16H15ClN2O/c1-19(15-5-3-4-6-16(15)20-2)14-8-7-12(10-17)9-13(14)11-18/h3-9H,10H2,1-2H3. The summed E-state index contributed by atoms with van der Waals surface area (Å²) in [6, 6.07) is 15.6. The number of halogens is 1. The maximum atomic E-state index is 9.31. The van der Waals surface area contributed by atoms with Crippen LogP contribution in [0.4, 0.5) is 11.4 Å². The van der Waals surface area contributed by atoms with Gasteiger partial charge in [0.15, 0.2) is 0 Å². The van der Waals surface area contributed by atoms with Crippen LogP contribution in [-0.4, -0.2) is 14.2 Å². The van der Waals surface area contributed by atoms with Crippen LogP contribution in [-0.2, 0) is 5.88 Å². The van der Waals surface area contributed by atoms with Gasteiger partial charge in [0, 0.05) is 12.9 Å². The molecule has 0 N–H and O–H groups in total. The molecular weight excluding hydrogens is 272 g/mol. The maximum absolute atomic E-state index is 9.31. The van der Waals surface area contributed by atoms with Crippen LogP contribution in [0.1, 0.15) is 11.1 Å². The third kappa shape index (κ3) is 2.71. The number of rotatable bonds is 4. The molecule has 0 saturated heterocycles. The van der Waals surface area contributed by atoms with Crippen molar-refractivity contribution in [3.8, 4) is 11.8 Å². The number of benzene rings is 2. The van der Waals surface area contributed by atoms with Gasteiger partial charge in [0.25, 0.3) is 0 Å². The SMILES string of the molecule is COc1ccccc1N(C)c1ccc(CCl)cc1C#N. The molecule has 0 aliphatic heterocycles. The van der Waals surface area contributed by atoms with Gasteiger partial charge in [0.2, 0.25) is 0 Å². The monoisotopic (exact) mass is 286 g/mol. The summed E-state index contributed by atoms with van der Waals surface area (Å²) < 4.78 is 5.36. The molecule has 2 aromatic carbocycles. The second kappa shape index (κ2) is 6.31. The van der Waals surface area contributed by atoms with Crippen molar-refractivity contribution in [2.45, 2.75) is 5.88 Å². The van der Waals surface area contributed by atoms with E-state index in [1.807, 2.05) is 54.4 Å². The zero-order valence-electron chi connectivity index (χ0n) is 11.4. The predicted molar refractivity (Wildman–Crippen MR) is 81.8 cm³/mol. The molecule has 0 unspecified atom stereocenters. The van der Waals surface area contributed by atoms with E-state index in [0.29, 0.717) is 11.4 Å². The zero-order valence-corrected chi connectivity index (χ0v) is 12.2. The Morgan fingerprint density at radius 1 is 1.20 bits per heavy atom. The van der Waals surface area contributed by atoms with Gasteiger partial charge >= 0.3 is 0 Å². The minimum atomic E-state index is 0.396. The van der Waals surface area contributed by atoms with Crippen molar-refractivity contribution < 1.29 is 4.74 Å². The predicted octanol–water partition coefficient (Wildman–Crippen LogP) is 4.07. The van der Waals surface area contributed by atoms with Crippen LogP contribution < -0.4 is 9.64 Å². The molecule has 2 rings (SSSR count). The summed E-state index contributed by atoms with van der Waals surface area (Å²) >= 11 is 5.81. The van der Waals surface area contributed by atoms with Crippen molar-refractivity contribution in [1.29, 1.82) is 5.26 Å². The van der Waals surface area contributed by atoms with Crippen molar-refractivity contribution in [3.05, 3.63) is 53.6 Å². The normalized spacial score (nSPS) is 9.90. The number of hydrogen-bond donors (Lipinski definition) is 0. The van der Waals surface area contributed by atoms with Gasteiger partial charge in [-0.25, -0.2) is 0 Å². The third-order valence-corrected chi connectivity index (χ3v) is 3.45. The molecule has 0 atom stereocenters. The molecule has 0 amide bonds. The topological polar surface area (TPSA) is 36.3 Å². The molecule has 0 fully saturated rings. The Bertz CT molecular complexity index is 649. The highest BCUT2D eigenvalue weighted by Crippen LogP contribution is 2.34. The van der Waals surface area contributed by atoms with E-state index in [1.165, 1.54) is 0 Å². The average Bonchev–Trinajstić information content (AvgIpc) is 2.53. The smallest absolute Gasteiger partial charge is 0.142 e. The van der Waals surface area contributed by atoms with Crippen LogP contribution in [0.15, 0.2) is 42.5 Å². The van der Waals surface area contributed by atoms with E-state index in [1.54, 1.807) is 7.11 Å². The Morgan fingerprint density at radius 3 is 2.60 bits per heavy atom. The summed E-state index contributed by atoms with van der Waals surface area (Å²) in [4.78, 5) is 1.94. The lowest BCUT2D eigenvalue weighted by Gasteiger charge is -2.23. The first kappa shape index (κ1) is 14.2. The van der Waals surface area contributed by atoms with Gasteiger partial charge in [0.1, 0.15) is 11.8 Å². The summed E-state index contributed by atoms with van der Waals surface area (Å²) in [5, 5.41) is 9.31. The van der Waals surface area contributed by atoms with E-state index < -0.39 is 0 Å². The van der Waals surface area contributed by atoms with Crippen LogP contribution in [0.3, 0.4) is 0 Å². The average molecular weight is 287 g/mol. The van der Waals surface area contributed by atoms with Gasteiger partial charge in [-0.2, -0.15) is 5.26 Å². The van der Waals surface area contributed by atoms with Crippen molar-refractivity contribution >= 4 is 23.0 Å². The first-order chi connectivity index (χ1) is 9.71. The number of ether oxygens (including phenoxy) is 1. The summed E-state index contributed by atoms with van der Waals surface area (Å²) in [7, 11) is 3.54. The molecule has 0 spiro atoms. The second-order valence-corrected chi connectivity index (χ2v) is 4.60. The van der Waals surface area contributed by atoms with Gasteiger partial charge in [0.05, 0.1) is 24.0 Å². The quantitative estimate of drug-likeness (QED) is 0.795. The van der Waals surface area contributed by atoms with E-state index in [0.717, 1.165) is 22.7 Å². The number of methoxy groups -OCH3 is 1.